The van der Waals surface area contributed by atoms with Crippen LogP contribution in [0.2, 0.25) is 0 Å². The molecule has 0 fully saturated rings. The first-order valence-electron chi connectivity index (χ1n) is 6.45. The predicted octanol–water partition coefficient (Wildman–Crippen LogP) is 4.37. The summed E-state index contributed by atoms with van der Waals surface area (Å²) in [6.45, 7) is 3.18. The van der Waals surface area contributed by atoms with Crippen LogP contribution in [0.3, 0.4) is 0 Å². The van der Waals surface area contributed by atoms with E-state index in [1.54, 1.807) is 11.3 Å². The van der Waals surface area contributed by atoms with Crippen LogP contribution in [-0.2, 0) is 13.2 Å². The highest BCUT2D eigenvalue weighted by atomic mass is 79.9. The van der Waals surface area contributed by atoms with Gasteiger partial charge in [0.1, 0.15) is 18.1 Å². The van der Waals surface area contributed by atoms with Crippen molar-refractivity contribution in [3.05, 3.63) is 44.6 Å². The molecule has 1 aromatic carbocycles. The Labute approximate surface area is 131 Å². The summed E-state index contributed by atoms with van der Waals surface area (Å²) in [4.78, 5) is 1.13. The third-order valence-electron chi connectivity index (χ3n) is 2.67. The van der Waals surface area contributed by atoms with Crippen LogP contribution in [0.1, 0.15) is 23.8 Å². The molecule has 1 aromatic heterocycles. The quantitative estimate of drug-likeness (QED) is 0.800. The van der Waals surface area contributed by atoms with Gasteiger partial charge in [-0.2, -0.15) is 0 Å². The van der Waals surface area contributed by atoms with Gasteiger partial charge in [0.2, 0.25) is 0 Å². The molecule has 0 bridgehead atoms. The lowest BCUT2D eigenvalue weighted by atomic mass is 10.2. The van der Waals surface area contributed by atoms with Crippen molar-refractivity contribution in [2.45, 2.75) is 26.6 Å². The molecule has 20 heavy (non-hydrogen) atoms. The third-order valence-corrected chi connectivity index (χ3v) is 4.34. The van der Waals surface area contributed by atoms with Crippen LogP contribution in [0.4, 0.5) is 0 Å². The number of thiophene rings is 1. The molecule has 1 heterocycles. The minimum atomic E-state index is -0.0441. The maximum absolute atomic E-state index is 9.36. The summed E-state index contributed by atoms with van der Waals surface area (Å²) in [6, 6.07) is 7.56. The molecule has 0 atom stereocenters. The zero-order chi connectivity index (χ0) is 14.4. The van der Waals surface area contributed by atoms with Gasteiger partial charge in [0.25, 0.3) is 0 Å². The first-order chi connectivity index (χ1) is 9.72. The van der Waals surface area contributed by atoms with Crippen molar-refractivity contribution in [2.75, 3.05) is 6.61 Å². The molecule has 2 rings (SSSR count). The summed E-state index contributed by atoms with van der Waals surface area (Å²) in [7, 11) is 0. The SMILES string of the molecule is CCCOc1ccc(CO)c(OCc2cc(Br)cs2)c1. The molecule has 0 spiro atoms. The monoisotopic (exact) mass is 356 g/mol. The lowest BCUT2D eigenvalue weighted by molar-refractivity contribution is 0.257. The molecule has 2 aromatic rings. The summed E-state index contributed by atoms with van der Waals surface area (Å²) in [5.41, 5.74) is 0.768. The number of rotatable bonds is 7. The maximum atomic E-state index is 9.36. The minimum absolute atomic E-state index is 0.0441. The Hall–Kier alpha value is -1.04. The minimum Gasteiger partial charge on any atom is -0.493 e. The van der Waals surface area contributed by atoms with Crippen LogP contribution < -0.4 is 9.47 Å². The van der Waals surface area contributed by atoms with Crippen LogP contribution in [0.5, 0.6) is 11.5 Å². The number of halogens is 1. The first kappa shape index (κ1) is 15.4. The van der Waals surface area contributed by atoms with Gasteiger partial charge in [-0.1, -0.05) is 6.92 Å². The molecule has 0 unspecified atom stereocenters. The Morgan fingerprint density at radius 3 is 2.75 bits per heavy atom. The molecule has 1 N–H and O–H groups in total. The van der Waals surface area contributed by atoms with Gasteiger partial charge in [0.05, 0.1) is 13.2 Å². The average Bonchev–Trinajstić information content (AvgIpc) is 2.88. The fourth-order valence-electron chi connectivity index (χ4n) is 1.69. The summed E-state index contributed by atoms with van der Waals surface area (Å²) in [6.07, 6.45) is 0.959. The van der Waals surface area contributed by atoms with Crippen LogP contribution in [0, 0.1) is 0 Å². The summed E-state index contributed by atoms with van der Waals surface area (Å²) in [5.74, 6) is 1.44. The number of hydrogen-bond donors (Lipinski definition) is 1. The first-order valence-corrected chi connectivity index (χ1v) is 8.12. The molecule has 0 amide bonds. The number of ether oxygens (including phenoxy) is 2. The Kier molecular flexibility index (Phi) is 5.88. The van der Waals surface area contributed by atoms with E-state index in [1.807, 2.05) is 29.6 Å². The molecular formula is C15H17BrO3S. The van der Waals surface area contributed by atoms with Crippen LogP contribution >= 0.6 is 27.3 Å². The van der Waals surface area contributed by atoms with E-state index in [0.717, 1.165) is 27.1 Å². The lowest BCUT2D eigenvalue weighted by Gasteiger charge is -2.12. The molecule has 0 saturated carbocycles. The van der Waals surface area contributed by atoms with E-state index < -0.39 is 0 Å². The zero-order valence-electron chi connectivity index (χ0n) is 11.3. The van der Waals surface area contributed by atoms with Gasteiger partial charge in [-0.15, -0.1) is 11.3 Å². The molecule has 0 aliphatic heterocycles. The zero-order valence-corrected chi connectivity index (χ0v) is 13.7. The van der Waals surface area contributed by atoms with Gasteiger partial charge < -0.3 is 14.6 Å². The average molecular weight is 357 g/mol. The van der Waals surface area contributed by atoms with E-state index in [4.69, 9.17) is 9.47 Å². The van der Waals surface area contributed by atoms with Crippen LogP contribution in [-0.4, -0.2) is 11.7 Å². The highest BCUT2D eigenvalue weighted by Gasteiger charge is 2.07. The molecule has 108 valence electrons. The standard InChI is InChI=1S/C15H17BrO3S/c1-2-5-18-13-4-3-11(8-17)15(7-13)19-9-14-6-12(16)10-20-14/h3-4,6-7,10,17H,2,5,8-9H2,1H3. The van der Waals surface area contributed by atoms with E-state index in [9.17, 15) is 5.11 Å². The predicted molar refractivity (Wildman–Crippen MR) is 84.5 cm³/mol. The Morgan fingerprint density at radius 2 is 2.10 bits per heavy atom. The number of aliphatic hydroxyl groups is 1. The highest BCUT2D eigenvalue weighted by Crippen LogP contribution is 2.27. The van der Waals surface area contributed by atoms with E-state index in [2.05, 4.69) is 22.9 Å². The van der Waals surface area contributed by atoms with Gasteiger partial charge in [0, 0.05) is 26.4 Å². The Balaban J connectivity index is 2.07. The van der Waals surface area contributed by atoms with Crippen molar-refractivity contribution in [3.63, 3.8) is 0 Å². The van der Waals surface area contributed by atoms with Crippen molar-refractivity contribution < 1.29 is 14.6 Å². The topological polar surface area (TPSA) is 38.7 Å². The van der Waals surface area contributed by atoms with E-state index >= 15 is 0 Å². The molecule has 5 heteroatoms. The van der Waals surface area contributed by atoms with Crippen LogP contribution in [0.25, 0.3) is 0 Å². The molecule has 0 aliphatic carbocycles. The molecule has 0 radical (unpaired) electrons. The fraction of sp³-hybridized carbons (Fsp3) is 0.333. The van der Waals surface area contributed by atoms with Gasteiger partial charge in [-0.25, -0.2) is 0 Å². The fourth-order valence-corrected chi connectivity index (χ4v) is 3.05. The summed E-state index contributed by atoms with van der Waals surface area (Å²) in [5, 5.41) is 11.4. The van der Waals surface area contributed by atoms with E-state index in [-0.39, 0.29) is 6.61 Å². The second-order valence-electron chi connectivity index (χ2n) is 4.30. The maximum Gasteiger partial charge on any atom is 0.129 e. The van der Waals surface area contributed by atoms with Gasteiger partial charge >= 0.3 is 0 Å². The summed E-state index contributed by atoms with van der Waals surface area (Å²) >= 11 is 5.06. The van der Waals surface area contributed by atoms with E-state index in [1.165, 1.54) is 0 Å². The molecular weight excluding hydrogens is 340 g/mol. The normalized spacial score (nSPS) is 10.6. The van der Waals surface area contributed by atoms with Crippen molar-refractivity contribution >= 4 is 27.3 Å². The smallest absolute Gasteiger partial charge is 0.129 e. The van der Waals surface area contributed by atoms with Crippen LogP contribution in [0.15, 0.2) is 34.1 Å². The Morgan fingerprint density at radius 1 is 1.25 bits per heavy atom. The largest absolute Gasteiger partial charge is 0.493 e. The van der Waals surface area contributed by atoms with Gasteiger partial charge in [-0.05, 0) is 40.5 Å². The van der Waals surface area contributed by atoms with E-state index in [0.29, 0.717) is 19.0 Å². The van der Waals surface area contributed by atoms with Crippen molar-refractivity contribution in [1.29, 1.82) is 0 Å². The van der Waals surface area contributed by atoms with Crippen molar-refractivity contribution in [3.8, 4) is 11.5 Å². The summed E-state index contributed by atoms with van der Waals surface area (Å²) < 4.78 is 12.4. The van der Waals surface area contributed by atoms with Crippen molar-refractivity contribution in [1.82, 2.24) is 0 Å². The van der Waals surface area contributed by atoms with Crippen molar-refractivity contribution in [2.24, 2.45) is 0 Å². The molecule has 3 nitrogen and oxygen atoms in total. The van der Waals surface area contributed by atoms with Gasteiger partial charge in [0.15, 0.2) is 0 Å². The highest BCUT2D eigenvalue weighted by molar-refractivity contribution is 9.10. The number of benzene rings is 1. The number of aliphatic hydroxyl groups excluding tert-OH is 1. The lowest BCUT2D eigenvalue weighted by Crippen LogP contribution is -2.00. The Bertz CT molecular complexity index is 554. The second kappa shape index (κ2) is 7.67. The molecule has 0 saturated heterocycles. The van der Waals surface area contributed by atoms with Gasteiger partial charge in [-0.3, -0.25) is 0 Å². The third kappa shape index (κ3) is 4.23. The second-order valence-corrected chi connectivity index (χ2v) is 6.21. The molecule has 0 aliphatic rings. The number of hydrogen-bond acceptors (Lipinski definition) is 4.